The zero-order chi connectivity index (χ0) is 58.2. The molecule has 2 amide bonds. The van der Waals surface area contributed by atoms with Crippen molar-refractivity contribution in [2.24, 2.45) is 11.8 Å². The van der Waals surface area contributed by atoms with Gasteiger partial charge >= 0.3 is 11.9 Å². The van der Waals surface area contributed by atoms with Crippen LogP contribution in [0.3, 0.4) is 0 Å². The fourth-order valence-corrected chi connectivity index (χ4v) is 10.5. The Morgan fingerprint density at radius 3 is 1.11 bits per heavy atom. The van der Waals surface area contributed by atoms with E-state index < -0.39 is 24.1 Å². The minimum Gasteiger partial charge on any atom is -0.479 e. The third-order valence-electron chi connectivity index (χ3n) is 15.4. The minimum absolute atomic E-state index is 0.0710. The number of aliphatic hydroxyl groups excluding tert-OH is 2. The third-order valence-corrected chi connectivity index (χ3v) is 15.4. The van der Waals surface area contributed by atoms with E-state index in [2.05, 4.69) is 112 Å². The Bertz CT molecular complexity index is 2980. The molecule has 4 N–H and O–H groups in total. The molecule has 4 heterocycles. The van der Waals surface area contributed by atoms with Crippen molar-refractivity contribution in [3.8, 4) is 22.5 Å². The van der Waals surface area contributed by atoms with Crippen LogP contribution in [0.5, 0.6) is 0 Å². The zero-order valence-electron chi connectivity index (χ0n) is 48.0. The number of aliphatic carboxylic acids is 2. The standard InChI is InChI=1S/C24H34.2C19H21N3O.C4H6O6/c1-3-5-19-7-11-21(12-8-19)23-15-17-24(18-16-23)22-13-9-20(6-4-2)10-14-22;2*1-13-5-8-15(9-6-13)19-16(11-18(23)21(3)4)22-12-14(2)7-10-17(22)20-19;5-1(3(7)8)2(6)4(9)10/h3-4,15-22H,1-2,5-14H2;2*5-10,12H,11H2,1-4H3;1-2,5-6H,(H,7,8)(H,9,10)/t19-,20-,21-,22-;;;. The van der Waals surface area contributed by atoms with E-state index >= 15 is 0 Å². The molecule has 9 rings (SSSR count). The lowest BCUT2D eigenvalue weighted by atomic mass is 9.75. The number of likely N-dealkylation sites (N-methyl/N-ethyl adjacent to an activating group) is 2. The van der Waals surface area contributed by atoms with E-state index in [0.29, 0.717) is 12.8 Å². The zero-order valence-corrected chi connectivity index (χ0v) is 48.0. The van der Waals surface area contributed by atoms with Crippen molar-refractivity contribution in [3.05, 3.63) is 180 Å². The third kappa shape index (κ3) is 16.7. The summed E-state index contributed by atoms with van der Waals surface area (Å²) in [5, 5.41) is 32.5. The van der Waals surface area contributed by atoms with Crippen LogP contribution in [0.2, 0.25) is 0 Å². The summed E-state index contributed by atoms with van der Waals surface area (Å²) >= 11 is 0. The average molecular weight is 1090 g/mol. The number of hydrogen-bond acceptors (Lipinski definition) is 8. The molecule has 7 aromatic rings. The highest BCUT2D eigenvalue weighted by Gasteiger charge is 2.30. The lowest BCUT2D eigenvalue weighted by molar-refractivity contribution is -0.165. The van der Waals surface area contributed by atoms with E-state index in [1.807, 2.05) is 59.3 Å². The Morgan fingerprint density at radius 2 is 0.825 bits per heavy atom. The second-order valence-electron chi connectivity index (χ2n) is 22.1. The molecular weight excluding hydrogens is 1000 g/mol. The lowest BCUT2D eigenvalue weighted by Gasteiger charge is -2.30. The summed E-state index contributed by atoms with van der Waals surface area (Å²) in [4.78, 5) is 56.8. The van der Waals surface area contributed by atoms with Gasteiger partial charge in [-0.1, -0.05) is 108 Å². The van der Waals surface area contributed by atoms with Crippen LogP contribution in [0.1, 0.15) is 121 Å². The maximum atomic E-state index is 12.3. The quantitative estimate of drug-likeness (QED) is 0.0719. The second-order valence-corrected chi connectivity index (χ2v) is 22.1. The normalized spacial score (nSPS) is 17.5. The number of amides is 2. The molecule has 4 aromatic heterocycles. The van der Waals surface area contributed by atoms with Crippen LogP contribution in [0.15, 0.2) is 135 Å². The first kappa shape index (κ1) is 61.5. The first-order chi connectivity index (χ1) is 38.2. The molecule has 0 radical (unpaired) electrons. The molecule has 2 saturated carbocycles. The number of carboxylic acids is 2. The molecule has 0 saturated heterocycles. The Morgan fingerprint density at radius 1 is 0.512 bits per heavy atom. The van der Waals surface area contributed by atoms with Gasteiger partial charge in [0.25, 0.3) is 0 Å². The van der Waals surface area contributed by atoms with E-state index in [-0.39, 0.29) is 11.8 Å². The van der Waals surface area contributed by atoms with Crippen LogP contribution in [0, 0.1) is 39.5 Å². The number of nitrogens with zero attached hydrogens (tertiary/aromatic N) is 6. The smallest absolute Gasteiger partial charge is 0.335 e. The number of aryl methyl sites for hydroxylation is 4. The van der Waals surface area contributed by atoms with Crippen LogP contribution < -0.4 is 0 Å². The van der Waals surface area contributed by atoms with Crippen LogP contribution >= 0.6 is 0 Å². The fourth-order valence-electron chi connectivity index (χ4n) is 10.5. The fraction of sp³-hybridized carbons (Fsp3) is 0.394. The molecule has 2 unspecified atom stereocenters. The molecule has 2 aliphatic rings. The number of pyridine rings is 2. The first-order valence-electron chi connectivity index (χ1n) is 27.8. The van der Waals surface area contributed by atoms with Crippen molar-refractivity contribution >= 4 is 35.0 Å². The maximum Gasteiger partial charge on any atom is 0.335 e. The highest BCUT2D eigenvalue weighted by molar-refractivity contribution is 5.83. The lowest BCUT2D eigenvalue weighted by Crippen LogP contribution is -2.39. The number of carboxylic acid groups (broad SMARTS) is 2. The summed E-state index contributed by atoms with van der Waals surface area (Å²) in [5.41, 5.74) is 15.3. The summed E-state index contributed by atoms with van der Waals surface area (Å²) < 4.78 is 4.07. The van der Waals surface area contributed by atoms with Crippen molar-refractivity contribution in [1.82, 2.24) is 28.6 Å². The van der Waals surface area contributed by atoms with Gasteiger partial charge in [0, 0.05) is 51.7 Å². The number of hydrogen-bond donors (Lipinski definition) is 4. The van der Waals surface area contributed by atoms with Crippen molar-refractivity contribution in [1.29, 1.82) is 0 Å². The molecule has 0 bridgehead atoms. The maximum absolute atomic E-state index is 12.3. The molecule has 14 heteroatoms. The Labute approximate surface area is 472 Å². The number of benzene rings is 3. The number of rotatable bonds is 15. The van der Waals surface area contributed by atoms with Crippen molar-refractivity contribution < 1.29 is 39.6 Å². The predicted octanol–water partition coefficient (Wildman–Crippen LogP) is 11.8. The number of allylic oxidation sites excluding steroid dienone is 2. The van der Waals surface area contributed by atoms with Crippen LogP contribution in [-0.4, -0.2) is 113 Å². The topological polar surface area (TPSA) is 190 Å². The van der Waals surface area contributed by atoms with Gasteiger partial charge in [-0.3, -0.25) is 9.59 Å². The molecule has 2 aliphatic carbocycles. The summed E-state index contributed by atoms with van der Waals surface area (Å²) in [7, 11) is 7.12. The van der Waals surface area contributed by atoms with Gasteiger partial charge in [0.15, 0.2) is 12.2 Å². The predicted molar refractivity (Wildman–Crippen MR) is 318 cm³/mol. The van der Waals surface area contributed by atoms with Crippen LogP contribution in [0.25, 0.3) is 33.8 Å². The van der Waals surface area contributed by atoms with Gasteiger partial charge < -0.3 is 39.0 Å². The van der Waals surface area contributed by atoms with Gasteiger partial charge in [-0.05, 0) is 150 Å². The molecule has 424 valence electrons. The number of aliphatic hydroxyl groups is 2. The molecule has 2 atom stereocenters. The van der Waals surface area contributed by atoms with E-state index in [1.54, 1.807) is 49.1 Å². The molecule has 0 aliphatic heterocycles. The Balaban J connectivity index is 0.000000179. The summed E-state index contributed by atoms with van der Waals surface area (Å²) in [6, 6.07) is 34.3. The molecule has 2 fully saturated rings. The van der Waals surface area contributed by atoms with E-state index in [4.69, 9.17) is 30.4 Å². The number of imidazole rings is 2. The van der Waals surface area contributed by atoms with Gasteiger partial charge in [-0.25, -0.2) is 19.6 Å². The number of carbonyl (C=O) groups excluding carboxylic acids is 2. The van der Waals surface area contributed by atoms with Gasteiger partial charge in [-0.2, -0.15) is 0 Å². The first-order valence-corrected chi connectivity index (χ1v) is 27.8. The summed E-state index contributed by atoms with van der Waals surface area (Å²) in [6.45, 7) is 16.0. The minimum atomic E-state index is -2.27. The molecule has 80 heavy (non-hydrogen) atoms. The van der Waals surface area contributed by atoms with Crippen molar-refractivity contribution in [3.63, 3.8) is 0 Å². The van der Waals surface area contributed by atoms with Crippen LogP contribution in [-0.2, 0) is 32.0 Å². The number of carbonyl (C=O) groups is 4. The molecule has 3 aromatic carbocycles. The molecule has 0 spiro atoms. The van der Waals surface area contributed by atoms with Crippen molar-refractivity contribution in [2.45, 2.75) is 129 Å². The summed E-state index contributed by atoms with van der Waals surface area (Å²) in [5.74, 6) is -0.0208. The van der Waals surface area contributed by atoms with Gasteiger partial charge in [-0.15, -0.1) is 13.2 Å². The molecule has 14 nitrogen and oxygen atoms in total. The van der Waals surface area contributed by atoms with Gasteiger partial charge in [0.1, 0.15) is 11.3 Å². The summed E-state index contributed by atoms with van der Waals surface area (Å²) in [6.07, 6.45) is 17.8. The largest absolute Gasteiger partial charge is 0.479 e. The number of fused-ring (bicyclic) bond motifs is 2. The number of aromatic nitrogens is 4. The van der Waals surface area contributed by atoms with Crippen LogP contribution in [0.4, 0.5) is 0 Å². The highest BCUT2D eigenvalue weighted by Crippen LogP contribution is 2.40. The van der Waals surface area contributed by atoms with E-state index in [9.17, 15) is 19.2 Å². The second kappa shape index (κ2) is 29.0. The average Bonchev–Trinajstić information content (AvgIpc) is 4.05. The van der Waals surface area contributed by atoms with Gasteiger partial charge in [0.2, 0.25) is 11.8 Å². The SMILES string of the molecule is C=CC[C@H]1CC[C@H](c2ccc([C@H]3CC[C@H](CC=C)CC3)cc2)CC1.Cc1ccc(-c2nc3ccc(C)cn3c2CC(=O)N(C)C)cc1.Cc1ccc(-c2nc3ccc(C)cn3c2CC(=O)N(C)C)cc1.O=C(O)C(O)C(O)C(=O)O. The van der Waals surface area contributed by atoms with Gasteiger partial charge in [0.05, 0.1) is 35.6 Å². The van der Waals surface area contributed by atoms with Crippen molar-refractivity contribution in [2.75, 3.05) is 28.2 Å². The molecular formula is C66H82N6O8. The Kier molecular flexibility index (Phi) is 22.3. The van der Waals surface area contributed by atoms with E-state index in [1.165, 1.54) is 75.3 Å². The highest BCUT2D eigenvalue weighted by atomic mass is 16.4. The monoisotopic (exact) mass is 1090 g/mol. The Hall–Kier alpha value is -7.68. The van der Waals surface area contributed by atoms with E-state index in [0.717, 1.165) is 80.0 Å².